The quantitative estimate of drug-likeness (QED) is 0.0853. The molecule has 0 aliphatic carbocycles. The highest BCUT2D eigenvalue weighted by molar-refractivity contribution is 5.15. The zero-order chi connectivity index (χ0) is 26.3. The summed E-state index contributed by atoms with van der Waals surface area (Å²) in [5.74, 6) is 0. The number of unbranched alkanes of at least 4 members (excludes halogenated alkanes) is 10. The Bertz CT molecular complexity index is 749. The number of allylic oxidation sites excluding steroid dienone is 4. The van der Waals surface area contributed by atoms with Crippen molar-refractivity contribution in [1.82, 2.24) is 0 Å². The molecule has 0 spiro atoms. The van der Waals surface area contributed by atoms with Crippen LogP contribution in [0.4, 0.5) is 0 Å². The Labute approximate surface area is 230 Å². The summed E-state index contributed by atoms with van der Waals surface area (Å²) >= 11 is 0. The highest BCUT2D eigenvalue weighted by Crippen LogP contribution is 2.24. The second kappa shape index (κ2) is 20.9. The monoisotopic (exact) mass is 502 g/mol. The maximum absolute atomic E-state index is 2.42. The number of benzene rings is 2. The highest BCUT2D eigenvalue weighted by Gasteiger charge is 2.27. The molecule has 0 saturated heterocycles. The lowest BCUT2D eigenvalue weighted by Crippen LogP contribution is -2.48. The van der Waals surface area contributed by atoms with Crippen molar-refractivity contribution < 1.29 is 4.48 Å². The fraction of sp³-hybridized carbons (Fsp3) is 0.556. The summed E-state index contributed by atoms with van der Waals surface area (Å²) in [6.45, 7) is 9.39. The van der Waals surface area contributed by atoms with E-state index in [2.05, 4.69) is 98.8 Å². The van der Waals surface area contributed by atoms with Crippen LogP contribution in [0.1, 0.15) is 115 Å². The Morgan fingerprint density at radius 1 is 0.459 bits per heavy atom. The molecule has 0 fully saturated rings. The first-order valence-corrected chi connectivity index (χ1v) is 15.5. The third-order valence-corrected chi connectivity index (χ3v) is 7.51. The van der Waals surface area contributed by atoms with Crippen molar-refractivity contribution in [3.63, 3.8) is 0 Å². The van der Waals surface area contributed by atoms with Gasteiger partial charge in [0, 0.05) is 11.1 Å². The maximum Gasteiger partial charge on any atom is 0.105 e. The van der Waals surface area contributed by atoms with E-state index in [0.29, 0.717) is 0 Å². The minimum absolute atomic E-state index is 1.14. The lowest BCUT2D eigenvalue weighted by atomic mass is 10.1. The Morgan fingerprint density at radius 3 is 1.22 bits per heavy atom. The molecule has 204 valence electrons. The van der Waals surface area contributed by atoms with Gasteiger partial charge in [-0.05, 0) is 64.2 Å². The van der Waals surface area contributed by atoms with Crippen LogP contribution in [0, 0.1) is 0 Å². The van der Waals surface area contributed by atoms with E-state index < -0.39 is 0 Å². The number of hydrogen-bond acceptors (Lipinski definition) is 0. The van der Waals surface area contributed by atoms with Crippen LogP contribution >= 0.6 is 0 Å². The Kier molecular flexibility index (Phi) is 17.6. The molecule has 0 heterocycles. The fourth-order valence-corrected chi connectivity index (χ4v) is 5.31. The van der Waals surface area contributed by atoms with Crippen molar-refractivity contribution in [2.45, 2.75) is 117 Å². The standard InChI is InChI=1S/C36H56N/c1-3-5-7-9-11-13-15-17-25-31-37(33-35-27-21-19-22-28-35,34-36-29-23-20-24-30-36)32-26-18-16-14-12-10-8-6-4-2/h9-12,19-24,27-30H,3-8,13-18,25-26,31-34H2,1-2H3/q+1/b11-9+,12-10+. The number of rotatable bonds is 22. The van der Waals surface area contributed by atoms with E-state index in [-0.39, 0.29) is 0 Å². The lowest BCUT2D eigenvalue weighted by molar-refractivity contribution is -0.954. The van der Waals surface area contributed by atoms with Crippen LogP contribution in [-0.2, 0) is 13.1 Å². The summed E-state index contributed by atoms with van der Waals surface area (Å²) in [6.07, 6.45) is 27.8. The fourth-order valence-electron chi connectivity index (χ4n) is 5.31. The van der Waals surface area contributed by atoms with Crippen LogP contribution in [0.25, 0.3) is 0 Å². The van der Waals surface area contributed by atoms with Gasteiger partial charge >= 0.3 is 0 Å². The average molecular weight is 503 g/mol. The van der Waals surface area contributed by atoms with Crippen molar-refractivity contribution in [3.8, 4) is 0 Å². The SMILES string of the molecule is CCCC/C=C/CCCCC[N+](CCCCC/C=C/CCCC)(Cc1ccccc1)Cc1ccccc1. The predicted octanol–water partition coefficient (Wildman–Crippen LogP) is 10.8. The summed E-state index contributed by atoms with van der Waals surface area (Å²) in [7, 11) is 0. The molecule has 0 saturated carbocycles. The molecule has 2 aromatic rings. The smallest absolute Gasteiger partial charge is 0.105 e. The van der Waals surface area contributed by atoms with Gasteiger partial charge in [-0.3, -0.25) is 0 Å². The van der Waals surface area contributed by atoms with Crippen LogP contribution in [0.5, 0.6) is 0 Å². The van der Waals surface area contributed by atoms with Crippen molar-refractivity contribution in [2.24, 2.45) is 0 Å². The van der Waals surface area contributed by atoms with Gasteiger partial charge in [0.25, 0.3) is 0 Å². The van der Waals surface area contributed by atoms with Gasteiger partial charge < -0.3 is 4.48 Å². The van der Waals surface area contributed by atoms with Gasteiger partial charge in [-0.25, -0.2) is 0 Å². The van der Waals surface area contributed by atoms with Gasteiger partial charge in [0.05, 0.1) is 13.1 Å². The average Bonchev–Trinajstić information content (AvgIpc) is 2.92. The summed E-state index contributed by atoms with van der Waals surface area (Å²) in [6, 6.07) is 22.5. The van der Waals surface area contributed by atoms with Crippen LogP contribution in [0.15, 0.2) is 85.0 Å². The lowest BCUT2D eigenvalue weighted by Gasteiger charge is -2.39. The zero-order valence-electron chi connectivity index (χ0n) is 24.3. The molecule has 2 aromatic carbocycles. The normalized spacial score (nSPS) is 12.2. The number of quaternary nitrogens is 1. The zero-order valence-corrected chi connectivity index (χ0v) is 24.3. The Morgan fingerprint density at radius 2 is 0.838 bits per heavy atom. The molecular formula is C36H56N+. The van der Waals surface area contributed by atoms with Crippen molar-refractivity contribution >= 4 is 0 Å². The van der Waals surface area contributed by atoms with Crippen molar-refractivity contribution in [2.75, 3.05) is 13.1 Å². The Hall–Kier alpha value is -2.12. The summed E-state index contributed by atoms with van der Waals surface area (Å²) in [4.78, 5) is 0. The first-order chi connectivity index (χ1) is 18.3. The number of nitrogens with zero attached hydrogens (tertiary/aromatic N) is 1. The van der Waals surface area contributed by atoms with Crippen LogP contribution in [-0.4, -0.2) is 17.6 Å². The van der Waals surface area contributed by atoms with Crippen LogP contribution in [0.2, 0.25) is 0 Å². The van der Waals surface area contributed by atoms with Crippen LogP contribution < -0.4 is 0 Å². The summed E-state index contributed by atoms with van der Waals surface area (Å²) in [5, 5.41) is 0. The molecule has 2 rings (SSSR count). The van der Waals surface area contributed by atoms with Gasteiger partial charge in [0.15, 0.2) is 0 Å². The van der Waals surface area contributed by atoms with Gasteiger partial charge in [-0.1, -0.05) is 124 Å². The third-order valence-electron chi connectivity index (χ3n) is 7.51. The van der Waals surface area contributed by atoms with E-state index in [1.165, 1.54) is 119 Å². The Balaban J connectivity index is 1.98. The highest BCUT2D eigenvalue weighted by atomic mass is 15.3. The van der Waals surface area contributed by atoms with Gasteiger partial charge in [-0.15, -0.1) is 0 Å². The van der Waals surface area contributed by atoms with E-state index in [9.17, 15) is 0 Å². The molecular weight excluding hydrogens is 446 g/mol. The molecule has 1 nitrogen and oxygen atoms in total. The van der Waals surface area contributed by atoms with Crippen molar-refractivity contribution in [1.29, 1.82) is 0 Å². The van der Waals surface area contributed by atoms with E-state index >= 15 is 0 Å². The minimum Gasteiger partial charge on any atom is -0.316 e. The molecule has 0 N–H and O–H groups in total. The molecule has 0 radical (unpaired) electrons. The topological polar surface area (TPSA) is 0 Å². The number of hydrogen-bond donors (Lipinski definition) is 0. The van der Waals surface area contributed by atoms with Crippen molar-refractivity contribution in [3.05, 3.63) is 96.1 Å². The van der Waals surface area contributed by atoms with E-state index in [1.807, 2.05) is 0 Å². The predicted molar refractivity (Wildman–Crippen MR) is 165 cm³/mol. The van der Waals surface area contributed by atoms with E-state index in [4.69, 9.17) is 0 Å². The first kappa shape index (κ1) is 31.1. The minimum atomic E-state index is 1.14. The molecule has 37 heavy (non-hydrogen) atoms. The van der Waals surface area contributed by atoms with E-state index in [1.54, 1.807) is 0 Å². The largest absolute Gasteiger partial charge is 0.316 e. The molecule has 0 atom stereocenters. The molecule has 0 amide bonds. The molecule has 0 aliphatic rings. The van der Waals surface area contributed by atoms with Crippen LogP contribution in [0.3, 0.4) is 0 Å². The molecule has 1 heteroatoms. The molecule has 0 bridgehead atoms. The van der Waals surface area contributed by atoms with Gasteiger partial charge in [0.2, 0.25) is 0 Å². The molecule has 0 aromatic heterocycles. The first-order valence-electron chi connectivity index (χ1n) is 15.5. The maximum atomic E-state index is 2.42. The summed E-state index contributed by atoms with van der Waals surface area (Å²) < 4.78 is 1.19. The molecule has 0 aliphatic heterocycles. The second-order valence-corrected chi connectivity index (χ2v) is 11.0. The van der Waals surface area contributed by atoms with Gasteiger partial charge in [-0.2, -0.15) is 0 Å². The third kappa shape index (κ3) is 15.0. The van der Waals surface area contributed by atoms with Gasteiger partial charge in [0.1, 0.15) is 13.1 Å². The molecule has 0 unspecified atom stereocenters. The summed E-state index contributed by atoms with van der Waals surface area (Å²) in [5.41, 5.74) is 2.97. The second-order valence-electron chi connectivity index (χ2n) is 11.0. The van der Waals surface area contributed by atoms with E-state index in [0.717, 1.165) is 13.1 Å².